The van der Waals surface area contributed by atoms with Crippen LogP contribution in [0.25, 0.3) is 0 Å². The molecule has 0 aliphatic carbocycles. The lowest BCUT2D eigenvalue weighted by Gasteiger charge is -2.07. The number of carbonyl (C=O) groups excluding carboxylic acids is 2. The molecule has 0 saturated heterocycles. The van der Waals surface area contributed by atoms with Gasteiger partial charge in [-0.1, -0.05) is 12.1 Å². The second kappa shape index (κ2) is 8.57. The first-order valence-corrected chi connectivity index (χ1v) is 6.43. The van der Waals surface area contributed by atoms with E-state index in [1.54, 1.807) is 24.3 Å². The van der Waals surface area contributed by atoms with Crippen molar-refractivity contribution in [2.45, 2.75) is 25.8 Å². The third-order valence-corrected chi connectivity index (χ3v) is 2.65. The predicted octanol–water partition coefficient (Wildman–Crippen LogP) is 1.74. The molecule has 7 nitrogen and oxygen atoms in total. The van der Waals surface area contributed by atoms with Crippen LogP contribution in [0.2, 0.25) is 0 Å². The van der Waals surface area contributed by atoms with Crippen molar-refractivity contribution in [1.82, 2.24) is 5.32 Å². The summed E-state index contributed by atoms with van der Waals surface area (Å²) < 4.78 is 4.45. The van der Waals surface area contributed by atoms with Crippen molar-refractivity contribution < 1.29 is 24.2 Å². The number of aliphatic carboxylic acids is 1. The van der Waals surface area contributed by atoms with Crippen LogP contribution < -0.4 is 10.6 Å². The maximum absolute atomic E-state index is 11.6. The van der Waals surface area contributed by atoms with Gasteiger partial charge in [-0.25, -0.2) is 4.79 Å². The molecule has 0 unspecified atom stereocenters. The molecule has 21 heavy (non-hydrogen) atoms. The van der Waals surface area contributed by atoms with E-state index < -0.39 is 12.1 Å². The third-order valence-electron chi connectivity index (χ3n) is 2.65. The van der Waals surface area contributed by atoms with Crippen LogP contribution in [-0.4, -0.2) is 30.2 Å². The van der Waals surface area contributed by atoms with Crippen molar-refractivity contribution in [3.8, 4) is 0 Å². The average Bonchev–Trinajstić information content (AvgIpc) is 2.45. The highest BCUT2D eigenvalue weighted by Gasteiger charge is 2.05. The number of hydrogen-bond acceptors (Lipinski definition) is 4. The van der Waals surface area contributed by atoms with E-state index in [0.717, 1.165) is 5.56 Å². The van der Waals surface area contributed by atoms with Crippen molar-refractivity contribution in [2.75, 3.05) is 12.4 Å². The minimum absolute atomic E-state index is 0.0223. The van der Waals surface area contributed by atoms with E-state index in [0.29, 0.717) is 18.7 Å². The molecule has 0 saturated carbocycles. The smallest absolute Gasteiger partial charge is 0.407 e. The molecule has 0 fully saturated rings. The normalized spacial score (nSPS) is 9.76. The Hall–Kier alpha value is -2.57. The number of carbonyl (C=O) groups is 3. The van der Waals surface area contributed by atoms with E-state index >= 15 is 0 Å². The topological polar surface area (TPSA) is 105 Å². The molecule has 0 spiro atoms. The van der Waals surface area contributed by atoms with Gasteiger partial charge in [0.1, 0.15) is 0 Å². The molecule has 114 valence electrons. The van der Waals surface area contributed by atoms with Crippen LogP contribution in [0.15, 0.2) is 24.3 Å². The van der Waals surface area contributed by atoms with E-state index in [1.165, 1.54) is 7.11 Å². The molecular formula is C14H18N2O5. The maximum atomic E-state index is 11.6. The second-order valence-corrected chi connectivity index (χ2v) is 4.34. The fraction of sp³-hybridized carbons (Fsp3) is 0.357. The summed E-state index contributed by atoms with van der Waals surface area (Å²) in [5, 5.41) is 13.7. The largest absolute Gasteiger partial charge is 0.481 e. The first-order valence-electron chi connectivity index (χ1n) is 6.43. The number of carboxylic acids is 1. The van der Waals surface area contributed by atoms with Gasteiger partial charge in [0, 0.05) is 25.1 Å². The molecule has 0 aliphatic heterocycles. The maximum Gasteiger partial charge on any atom is 0.407 e. The number of ether oxygens (including phenoxy) is 1. The molecule has 1 aromatic carbocycles. The Morgan fingerprint density at radius 1 is 1.14 bits per heavy atom. The van der Waals surface area contributed by atoms with Crippen molar-refractivity contribution in [2.24, 2.45) is 0 Å². The Labute approximate surface area is 122 Å². The summed E-state index contributed by atoms with van der Waals surface area (Å²) in [5.74, 6) is -1.14. The van der Waals surface area contributed by atoms with Gasteiger partial charge in [0.15, 0.2) is 0 Å². The lowest BCUT2D eigenvalue weighted by Crippen LogP contribution is -2.22. The number of amides is 2. The molecular weight excluding hydrogens is 276 g/mol. The van der Waals surface area contributed by atoms with Gasteiger partial charge in [0.05, 0.1) is 7.11 Å². The van der Waals surface area contributed by atoms with Gasteiger partial charge in [0.25, 0.3) is 0 Å². The van der Waals surface area contributed by atoms with E-state index in [9.17, 15) is 14.4 Å². The van der Waals surface area contributed by atoms with Gasteiger partial charge in [-0.3, -0.25) is 9.59 Å². The predicted molar refractivity (Wildman–Crippen MR) is 75.8 cm³/mol. The van der Waals surface area contributed by atoms with Crippen LogP contribution in [0.3, 0.4) is 0 Å². The summed E-state index contributed by atoms with van der Waals surface area (Å²) >= 11 is 0. The number of rotatable bonds is 7. The van der Waals surface area contributed by atoms with Crippen molar-refractivity contribution >= 4 is 23.7 Å². The van der Waals surface area contributed by atoms with Gasteiger partial charge in [0.2, 0.25) is 5.91 Å². The van der Waals surface area contributed by atoms with Crippen LogP contribution in [0, 0.1) is 0 Å². The summed E-state index contributed by atoms with van der Waals surface area (Å²) in [6, 6.07) is 6.96. The number of alkyl carbamates (subject to hydrolysis) is 1. The first kappa shape index (κ1) is 16.5. The number of anilines is 1. The zero-order valence-electron chi connectivity index (χ0n) is 11.7. The molecule has 2 amide bonds. The standard InChI is InChI=1S/C14H18N2O5/c1-21-14(20)15-9-10-5-7-11(8-6-10)16-12(17)3-2-4-13(18)19/h5-8H,2-4,9H2,1H3,(H,15,20)(H,16,17)(H,18,19). The van der Waals surface area contributed by atoms with Crippen molar-refractivity contribution in [3.05, 3.63) is 29.8 Å². The van der Waals surface area contributed by atoms with E-state index in [2.05, 4.69) is 15.4 Å². The molecule has 0 aromatic heterocycles. The zero-order chi connectivity index (χ0) is 15.7. The van der Waals surface area contributed by atoms with Gasteiger partial charge < -0.3 is 20.5 Å². The highest BCUT2D eigenvalue weighted by Crippen LogP contribution is 2.10. The molecule has 0 aliphatic rings. The van der Waals surface area contributed by atoms with Crippen LogP contribution in [-0.2, 0) is 20.9 Å². The summed E-state index contributed by atoms with van der Waals surface area (Å²) in [6.07, 6.45) is -0.0583. The molecule has 0 heterocycles. The fourth-order valence-electron chi connectivity index (χ4n) is 1.58. The number of methoxy groups -OCH3 is 1. The Kier molecular flexibility index (Phi) is 6.73. The number of nitrogens with one attached hydrogen (secondary N) is 2. The fourth-order valence-corrected chi connectivity index (χ4v) is 1.58. The van der Waals surface area contributed by atoms with Crippen LogP contribution in [0.5, 0.6) is 0 Å². The Morgan fingerprint density at radius 2 is 1.81 bits per heavy atom. The summed E-state index contributed by atoms with van der Waals surface area (Å²) in [4.78, 5) is 32.8. The van der Waals surface area contributed by atoms with Crippen LogP contribution in [0.4, 0.5) is 10.5 Å². The summed E-state index contributed by atoms with van der Waals surface area (Å²) in [6.45, 7) is 0.333. The van der Waals surface area contributed by atoms with Crippen LogP contribution >= 0.6 is 0 Å². The van der Waals surface area contributed by atoms with E-state index in [-0.39, 0.29) is 18.7 Å². The van der Waals surface area contributed by atoms with Crippen molar-refractivity contribution in [1.29, 1.82) is 0 Å². The summed E-state index contributed by atoms with van der Waals surface area (Å²) in [5.41, 5.74) is 1.49. The monoisotopic (exact) mass is 294 g/mol. The van der Waals surface area contributed by atoms with Gasteiger partial charge in [-0.05, 0) is 24.1 Å². The third kappa shape index (κ3) is 6.95. The first-order chi connectivity index (χ1) is 10.0. The average molecular weight is 294 g/mol. The van der Waals surface area contributed by atoms with Crippen LogP contribution in [0.1, 0.15) is 24.8 Å². The quantitative estimate of drug-likeness (QED) is 0.710. The molecule has 3 N–H and O–H groups in total. The second-order valence-electron chi connectivity index (χ2n) is 4.34. The Bertz CT molecular complexity index is 499. The molecule has 0 radical (unpaired) electrons. The molecule has 7 heteroatoms. The number of hydrogen-bond donors (Lipinski definition) is 3. The highest BCUT2D eigenvalue weighted by molar-refractivity contribution is 5.90. The number of carboxylic acid groups (broad SMARTS) is 1. The molecule has 1 rings (SSSR count). The zero-order valence-corrected chi connectivity index (χ0v) is 11.7. The lowest BCUT2D eigenvalue weighted by atomic mass is 10.2. The molecule has 0 atom stereocenters. The molecule has 0 bridgehead atoms. The van der Waals surface area contributed by atoms with Gasteiger partial charge >= 0.3 is 12.1 Å². The number of benzene rings is 1. The van der Waals surface area contributed by atoms with Crippen molar-refractivity contribution in [3.63, 3.8) is 0 Å². The van der Waals surface area contributed by atoms with Gasteiger partial charge in [-0.15, -0.1) is 0 Å². The van der Waals surface area contributed by atoms with Gasteiger partial charge in [-0.2, -0.15) is 0 Å². The Balaban J connectivity index is 2.38. The highest BCUT2D eigenvalue weighted by atomic mass is 16.5. The minimum Gasteiger partial charge on any atom is -0.481 e. The lowest BCUT2D eigenvalue weighted by molar-refractivity contribution is -0.137. The molecule has 1 aromatic rings. The minimum atomic E-state index is -0.912. The van der Waals surface area contributed by atoms with E-state index in [1.807, 2.05) is 0 Å². The van der Waals surface area contributed by atoms with E-state index in [4.69, 9.17) is 5.11 Å². The SMILES string of the molecule is COC(=O)NCc1ccc(NC(=O)CCCC(=O)O)cc1. The summed E-state index contributed by atoms with van der Waals surface area (Å²) in [7, 11) is 1.29. The Morgan fingerprint density at radius 3 is 2.38 bits per heavy atom.